The number of piperidine rings is 1. The maximum absolute atomic E-state index is 12.9. The lowest BCUT2D eigenvalue weighted by Gasteiger charge is -2.30. The van der Waals surface area contributed by atoms with Crippen molar-refractivity contribution in [1.82, 2.24) is 4.31 Å². The van der Waals surface area contributed by atoms with Crippen molar-refractivity contribution in [1.29, 1.82) is 0 Å². The Morgan fingerprint density at radius 3 is 2.24 bits per heavy atom. The van der Waals surface area contributed by atoms with Crippen LogP contribution in [0.3, 0.4) is 0 Å². The Labute approximate surface area is 223 Å². The first-order valence-electron chi connectivity index (χ1n) is 12.2. The fourth-order valence-corrected chi connectivity index (χ4v) is 6.96. The van der Waals surface area contributed by atoms with E-state index in [9.17, 15) is 21.6 Å². The summed E-state index contributed by atoms with van der Waals surface area (Å²) in [6.45, 7) is 2.40. The minimum absolute atomic E-state index is 0.0380. The molecule has 9 nitrogen and oxygen atoms in total. The molecule has 0 radical (unpaired) electrons. The van der Waals surface area contributed by atoms with Crippen LogP contribution in [0.25, 0.3) is 0 Å². The summed E-state index contributed by atoms with van der Waals surface area (Å²) in [5.74, 6) is -0.215. The van der Waals surface area contributed by atoms with E-state index >= 15 is 0 Å². The van der Waals surface area contributed by atoms with Gasteiger partial charge in [-0.3, -0.25) is 9.52 Å². The molecule has 1 saturated heterocycles. The maximum Gasteiger partial charge on any atom is 0.262 e. The topological polar surface area (TPSA) is 122 Å². The highest BCUT2D eigenvalue weighted by molar-refractivity contribution is 7.92. The lowest BCUT2D eigenvalue weighted by molar-refractivity contribution is -0.120. The van der Waals surface area contributed by atoms with E-state index in [4.69, 9.17) is 4.74 Å². The molecule has 3 aromatic carbocycles. The summed E-state index contributed by atoms with van der Waals surface area (Å²) in [6, 6.07) is 20.1. The standard InChI is InChI=1S/C27H31N3O6S2/c1-20-8-13-26(36-2)25(18-20)29-38(34,35)24-11-9-23(10-12-24)28-27(31)22-14-16-30(17-15-22)37(32,33)19-21-6-4-3-5-7-21/h3-13,18,22,29H,14-17,19H2,1-2H3,(H,28,31). The predicted molar refractivity (Wildman–Crippen MR) is 147 cm³/mol. The van der Waals surface area contributed by atoms with Gasteiger partial charge in [0.25, 0.3) is 10.0 Å². The number of benzene rings is 3. The zero-order valence-electron chi connectivity index (χ0n) is 21.3. The lowest BCUT2D eigenvalue weighted by Crippen LogP contribution is -2.41. The first-order valence-corrected chi connectivity index (χ1v) is 15.3. The van der Waals surface area contributed by atoms with Gasteiger partial charge in [0, 0.05) is 24.7 Å². The molecule has 38 heavy (non-hydrogen) atoms. The molecule has 11 heteroatoms. The molecule has 3 aromatic rings. The van der Waals surface area contributed by atoms with Gasteiger partial charge in [0.15, 0.2) is 0 Å². The number of carbonyl (C=O) groups is 1. The number of hydrogen-bond donors (Lipinski definition) is 2. The Balaban J connectivity index is 1.33. The molecular formula is C27H31N3O6S2. The van der Waals surface area contributed by atoms with Gasteiger partial charge in [-0.1, -0.05) is 36.4 Å². The molecule has 0 saturated carbocycles. The number of ether oxygens (including phenoxy) is 1. The summed E-state index contributed by atoms with van der Waals surface area (Å²) < 4.78 is 60.5. The highest BCUT2D eigenvalue weighted by Crippen LogP contribution is 2.28. The van der Waals surface area contributed by atoms with Gasteiger partial charge in [0.2, 0.25) is 15.9 Å². The van der Waals surface area contributed by atoms with Gasteiger partial charge in [-0.2, -0.15) is 0 Å². The second kappa shape index (κ2) is 11.5. The van der Waals surface area contributed by atoms with Crippen molar-refractivity contribution >= 4 is 37.3 Å². The first-order chi connectivity index (χ1) is 18.1. The Morgan fingerprint density at radius 2 is 1.61 bits per heavy atom. The third-order valence-corrected chi connectivity index (χ3v) is 9.67. The molecule has 0 unspecified atom stereocenters. The van der Waals surface area contributed by atoms with E-state index in [0.717, 1.165) is 11.1 Å². The summed E-state index contributed by atoms with van der Waals surface area (Å²) in [6.07, 6.45) is 0.823. The lowest BCUT2D eigenvalue weighted by atomic mass is 9.97. The third kappa shape index (κ3) is 6.72. The molecule has 1 aliphatic rings. The number of nitrogens with zero attached hydrogens (tertiary/aromatic N) is 1. The van der Waals surface area contributed by atoms with Crippen molar-refractivity contribution in [3.63, 3.8) is 0 Å². The van der Waals surface area contributed by atoms with E-state index in [1.807, 2.05) is 19.1 Å². The van der Waals surface area contributed by atoms with Crippen LogP contribution in [0, 0.1) is 12.8 Å². The Morgan fingerprint density at radius 1 is 0.947 bits per heavy atom. The van der Waals surface area contributed by atoms with Gasteiger partial charge in [-0.05, 0) is 67.3 Å². The van der Waals surface area contributed by atoms with Crippen molar-refractivity contribution in [3.05, 3.63) is 83.9 Å². The molecule has 1 fully saturated rings. The normalized spacial score (nSPS) is 15.1. The third-order valence-electron chi connectivity index (χ3n) is 6.44. The monoisotopic (exact) mass is 557 g/mol. The van der Waals surface area contributed by atoms with Gasteiger partial charge in [0.1, 0.15) is 5.75 Å². The molecule has 1 aliphatic heterocycles. The molecule has 202 valence electrons. The van der Waals surface area contributed by atoms with Crippen LogP contribution in [0.1, 0.15) is 24.0 Å². The van der Waals surface area contributed by atoms with Gasteiger partial charge in [-0.15, -0.1) is 0 Å². The summed E-state index contributed by atoms with van der Waals surface area (Å²) in [4.78, 5) is 12.9. The maximum atomic E-state index is 12.9. The fourth-order valence-electron chi connectivity index (χ4n) is 4.34. The molecule has 0 aromatic heterocycles. The van der Waals surface area contributed by atoms with Crippen LogP contribution in [0.15, 0.2) is 77.7 Å². The van der Waals surface area contributed by atoms with Gasteiger partial charge in [0.05, 0.1) is 23.4 Å². The number of hydrogen-bond acceptors (Lipinski definition) is 6. The molecule has 4 rings (SSSR count). The van der Waals surface area contributed by atoms with E-state index in [0.29, 0.717) is 30.0 Å². The minimum atomic E-state index is -3.88. The summed E-state index contributed by atoms with van der Waals surface area (Å²) >= 11 is 0. The first kappa shape index (κ1) is 27.6. The van der Waals surface area contributed by atoms with Crippen LogP contribution in [-0.4, -0.2) is 47.2 Å². The van der Waals surface area contributed by atoms with Gasteiger partial charge < -0.3 is 10.1 Å². The second-order valence-corrected chi connectivity index (χ2v) is 12.9. The molecule has 0 bridgehead atoms. The predicted octanol–water partition coefficient (Wildman–Crippen LogP) is 3.98. The van der Waals surface area contributed by atoms with Crippen LogP contribution >= 0.6 is 0 Å². The van der Waals surface area contributed by atoms with Crippen LogP contribution in [0.5, 0.6) is 5.75 Å². The number of amides is 1. The molecule has 0 atom stereocenters. The highest BCUT2D eigenvalue weighted by Gasteiger charge is 2.31. The van der Waals surface area contributed by atoms with E-state index in [1.165, 1.54) is 35.7 Å². The van der Waals surface area contributed by atoms with Crippen molar-refractivity contribution in [2.45, 2.75) is 30.4 Å². The molecule has 1 heterocycles. The largest absolute Gasteiger partial charge is 0.495 e. The Kier molecular flexibility index (Phi) is 8.39. The summed E-state index contributed by atoms with van der Waals surface area (Å²) in [7, 11) is -5.87. The molecular weight excluding hydrogens is 526 g/mol. The van der Waals surface area contributed by atoms with Crippen LogP contribution in [0.4, 0.5) is 11.4 Å². The zero-order chi connectivity index (χ0) is 27.3. The van der Waals surface area contributed by atoms with Crippen molar-refractivity contribution in [2.75, 3.05) is 30.2 Å². The van der Waals surface area contributed by atoms with Crippen molar-refractivity contribution < 1.29 is 26.4 Å². The van der Waals surface area contributed by atoms with Crippen LogP contribution in [0.2, 0.25) is 0 Å². The van der Waals surface area contributed by atoms with E-state index in [1.54, 1.807) is 36.4 Å². The number of methoxy groups -OCH3 is 1. The van der Waals surface area contributed by atoms with E-state index in [-0.39, 0.29) is 35.6 Å². The fraction of sp³-hybridized carbons (Fsp3) is 0.296. The quantitative estimate of drug-likeness (QED) is 0.410. The summed E-state index contributed by atoms with van der Waals surface area (Å²) in [5.41, 5.74) is 2.40. The molecule has 2 N–H and O–H groups in total. The van der Waals surface area contributed by atoms with Gasteiger partial charge >= 0.3 is 0 Å². The average molecular weight is 558 g/mol. The van der Waals surface area contributed by atoms with Crippen LogP contribution < -0.4 is 14.8 Å². The van der Waals surface area contributed by atoms with E-state index in [2.05, 4.69) is 10.0 Å². The average Bonchev–Trinajstić information content (AvgIpc) is 2.89. The zero-order valence-corrected chi connectivity index (χ0v) is 22.9. The molecule has 0 aliphatic carbocycles. The number of nitrogens with one attached hydrogen (secondary N) is 2. The Bertz CT molecular complexity index is 1480. The van der Waals surface area contributed by atoms with Crippen molar-refractivity contribution in [2.24, 2.45) is 5.92 Å². The molecule has 0 spiro atoms. The SMILES string of the molecule is COc1ccc(C)cc1NS(=O)(=O)c1ccc(NC(=O)C2CCN(S(=O)(=O)Cc3ccccc3)CC2)cc1. The number of aryl methyl sites for hydroxylation is 1. The number of anilines is 2. The second-order valence-electron chi connectivity index (χ2n) is 9.24. The van der Waals surface area contributed by atoms with Gasteiger partial charge in [-0.25, -0.2) is 21.1 Å². The van der Waals surface area contributed by atoms with E-state index < -0.39 is 20.0 Å². The number of sulfonamides is 2. The smallest absolute Gasteiger partial charge is 0.262 e. The minimum Gasteiger partial charge on any atom is -0.495 e. The Hall–Kier alpha value is -3.41. The highest BCUT2D eigenvalue weighted by atomic mass is 32.2. The number of carbonyl (C=O) groups excluding carboxylic acids is 1. The van der Waals surface area contributed by atoms with Crippen molar-refractivity contribution in [3.8, 4) is 5.75 Å². The summed E-state index contributed by atoms with van der Waals surface area (Å²) in [5, 5.41) is 2.82. The van der Waals surface area contributed by atoms with Crippen LogP contribution in [-0.2, 0) is 30.6 Å². The number of rotatable bonds is 9. The molecule has 1 amide bonds.